The lowest BCUT2D eigenvalue weighted by Crippen LogP contribution is -2.26. The fourth-order valence-electron chi connectivity index (χ4n) is 3.31. The SMILES string of the molecule is [B]CC(=O)c1c(NC(=O)CSc2nc3ccccc3[nH]2)sc2c1CCN(C)C2. The van der Waals surface area contributed by atoms with Gasteiger partial charge in [0.05, 0.1) is 30.2 Å². The van der Waals surface area contributed by atoms with Crippen LogP contribution in [-0.4, -0.2) is 53.7 Å². The van der Waals surface area contributed by atoms with Crippen molar-refractivity contribution >= 4 is 58.7 Å². The van der Waals surface area contributed by atoms with Gasteiger partial charge in [-0.05, 0) is 37.5 Å². The lowest BCUT2D eigenvalue weighted by atomic mass is 9.92. The van der Waals surface area contributed by atoms with Gasteiger partial charge in [0.25, 0.3) is 0 Å². The number of para-hydroxylation sites is 2. The Morgan fingerprint density at radius 1 is 1.39 bits per heavy atom. The van der Waals surface area contributed by atoms with Crippen molar-refractivity contribution in [3.05, 3.63) is 40.3 Å². The van der Waals surface area contributed by atoms with Crippen molar-refractivity contribution in [2.45, 2.75) is 24.4 Å². The largest absolute Gasteiger partial charge is 0.333 e. The van der Waals surface area contributed by atoms with Crippen molar-refractivity contribution in [2.75, 3.05) is 24.7 Å². The van der Waals surface area contributed by atoms with Gasteiger partial charge in [-0.15, -0.1) is 11.3 Å². The molecule has 0 bridgehead atoms. The maximum Gasteiger partial charge on any atom is 0.235 e. The van der Waals surface area contributed by atoms with E-state index < -0.39 is 0 Å². The highest BCUT2D eigenvalue weighted by atomic mass is 32.2. The summed E-state index contributed by atoms with van der Waals surface area (Å²) in [5, 5.41) is 4.24. The Labute approximate surface area is 172 Å². The number of H-pyrrole nitrogens is 1. The maximum absolute atomic E-state index is 12.5. The number of carbonyl (C=O) groups excluding carboxylic acids is 2. The predicted molar refractivity (Wildman–Crippen MR) is 115 cm³/mol. The molecule has 1 aliphatic heterocycles. The van der Waals surface area contributed by atoms with E-state index >= 15 is 0 Å². The van der Waals surface area contributed by atoms with Gasteiger partial charge in [-0.25, -0.2) is 4.98 Å². The molecule has 0 atom stereocenters. The van der Waals surface area contributed by atoms with Gasteiger partial charge in [-0.3, -0.25) is 9.59 Å². The van der Waals surface area contributed by atoms with Gasteiger partial charge in [0.2, 0.25) is 5.91 Å². The zero-order valence-electron chi connectivity index (χ0n) is 15.4. The number of nitrogens with one attached hydrogen (secondary N) is 2. The molecule has 1 aromatic carbocycles. The van der Waals surface area contributed by atoms with Crippen LogP contribution < -0.4 is 5.32 Å². The number of carbonyl (C=O) groups is 2. The van der Waals surface area contributed by atoms with Gasteiger partial charge in [0.1, 0.15) is 5.00 Å². The van der Waals surface area contributed by atoms with E-state index in [2.05, 4.69) is 27.2 Å². The third-order valence-electron chi connectivity index (χ3n) is 4.67. The number of nitrogens with zero attached hydrogens (tertiary/aromatic N) is 2. The van der Waals surface area contributed by atoms with Crippen LogP contribution in [0.5, 0.6) is 0 Å². The molecule has 1 aliphatic rings. The number of aromatic amines is 1. The topological polar surface area (TPSA) is 78.1 Å². The Balaban J connectivity index is 1.48. The van der Waals surface area contributed by atoms with E-state index in [1.165, 1.54) is 23.1 Å². The summed E-state index contributed by atoms with van der Waals surface area (Å²) in [7, 11) is 7.66. The Kier molecular flexibility index (Phi) is 5.57. The summed E-state index contributed by atoms with van der Waals surface area (Å²) in [4.78, 5) is 35.9. The average molecular weight is 410 g/mol. The molecule has 2 radical (unpaired) electrons. The van der Waals surface area contributed by atoms with E-state index in [0.29, 0.717) is 15.7 Å². The molecule has 4 rings (SSSR count). The number of aromatic nitrogens is 2. The number of thiophene rings is 1. The number of Topliss-reactive ketones (excluding diaryl/α,β-unsaturated/α-hetero) is 1. The number of thioether (sulfide) groups is 1. The normalized spacial score (nSPS) is 14.2. The number of ketones is 1. The van der Waals surface area contributed by atoms with E-state index in [1.54, 1.807) is 0 Å². The predicted octanol–water partition coefficient (Wildman–Crippen LogP) is 3.11. The van der Waals surface area contributed by atoms with E-state index in [-0.39, 0.29) is 23.8 Å². The molecule has 6 nitrogen and oxygen atoms in total. The first kappa shape index (κ1) is 19.2. The number of hydrogen-bond donors (Lipinski definition) is 2. The number of hydrogen-bond acceptors (Lipinski definition) is 6. The molecule has 0 aliphatic carbocycles. The van der Waals surface area contributed by atoms with Crippen molar-refractivity contribution in [1.82, 2.24) is 14.9 Å². The van der Waals surface area contributed by atoms with E-state index in [0.717, 1.165) is 41.0 Å². The molecule has 9 heteroatoms. The lowest BCUT2D eigenvalue weighted by molar-refractivity contribution is -0.113. The Morgan fingerprint density at radius 2 is 2.21 bits per heavy atom. The Morgan fingerprint density at radius 3 is 3.00 bits per heavy atom. The van der Waals surface area contributed by atoms with Crippen molar-refractivity contribution in [2.24, 2.45) is 0 Å². The monoisotopic (exact) mass is 410 g/mol. The highest BCUT2D eigenvalue weighted by Crippen LogP contribution is 2.37. The second-order valence-corrected chi connectivity index (χ2v) is 8.79. The summed E-state index contributed by atoms with van der Waals surface area (Å²) in [5.41, 5.74) is 3.45. The molecule has 0 saturated heterocycles. The fourth-order valence-corrected chi connectivity index (χ4v) is 5.36. The van der Waals surface area contributed by atoms with Crippen molar-refractivity contribution in [3.63, 3.8) is 0 Å². The van der Waals surface area contributed by atoms with Gasteiger partial charge in [-0.2, -0.15) is 0 Å². The second-order valence-electron chi connectivity index (χ2n) is 6.72. The first-order valence-corrected chi connectivity index (χ1v) is 10.8. The van der Waals surface area contributed by atoms with Crippen LogP contribution >= 0.6 is 23.1 Å². The summed E-state index contributed by atoms with van der Waals surface area (Å²) in [5.74, 6) is -0.0794. The first-order chi connectivity index (χ1) is 13.5. The molecule has 3 aromatic rings. The third kappa shape index (κ3) is 3.87. The van der Waals surface area contributed by atoms with Gasteiger partial charge >= 0.3 is 0 Å². The number of benzene rings is 1. The van der Waals surface area contributed by atoms with E-state index in [4.69, 9.17) is 7.85 Å². The van der Waals surface area contributed by atoms with Crippen LogP contribution in [0.4, 0.5) is 5.00 Å². The summed E-state index contributed by atoms with van der Waals surface area (Å²) in [6.07, 6.45) is 0.739. The molecule has 1 amide bonds. The Hall–Kier alpha value is -2.10. The highest BCUT2D eigenvalue weighted by Gasteiger charge is 2.26. The van der Waals surface area contributed by atoms with Crippen LogP contribution in [-0.2, 0) is 17.8 Å². The quantitative estimate of drug-likeness (QED) is 0.371. The minimum atomic E-state index is -0.163. The molecule has 3 heterocycles. The van der Waals surface area contributed by atoms with Gasteiger partial charge in [0, 0.05) is 18.0 Å². The summed E-state index contributed by atoms with van der Waals surface area (Å²) in [6, 6.07) is 7.74. The van der Waals surface area contributed by atoms with Crippen LogP contribution in [0.1, 0.15) is 20.8 Å². The molecule has 142 valence electrons. The first-order valence-electron chi connectivity index (χ1n) is 8.99. The maximum atomic E-state index is 12.5. The molecule has 0 fully saturated rings. The third-order valence-corrected chi connectivity index (χ3v) is 6.68. The minimum absolute atomic E-state index is 0.0599. The smallest absolute Gasteiger partial charge is 0.235 e. The van der Waals surface area contributed by atoms with Gasteiger partial charge in [0.15, 0.2) is 10.9 Å². The number of fused-ring (bicyclic) bond motifs is 2. The van der Waals surface area contributed by atoms with Crippen LogP contribution in [0.25, 0.3) is 11.0 Å². The number of imidazole rings is 1. The minimum Gasteiger partial charge on any atom is -0.333 e. The number of likely N-dealkylation sites (N-methyl/N-ethyl adjacent to an activating group) is 1. The van der Waals surface area contributed by atoms with Crippen molar-refractivity contribution in [1.29, 1.82) is 0 Å². The molecule has 28 heavy (non-hydrogen) atoms. The molecule has 2 N–H and O–H groups in total. The number of anilines is 1. The van der Waals surface area contributed by atoms with Crippen LogP contribution in [0, 0.1) is 0 Å². The summed E-state index contributed by atoms with van der Waals surface area (Å²) < 4.78 is 0. The summed E-state index contributed by atoms with van der Waals surface area (Å²) in [6.45, 7) is 1.68. The molecular weight excluding hydrogens is 391 g/mol. The van der Waals surface area contributed by atoms with Crippen LogP contribution in [0.3, 0.4) is 0 Å². The Bertz CT molecular complexity index is 1010. The second kappa shape index (κ2) is 8.10. The fraction of sp³-hybridized carbons (Fsp3) is 0.316. The standard InChI is InChI=1S/C19H19BN4O2S2/c1-24-7-6-11-15(9-24)28-18(17(11)14(25)8-20)23-16(26)10-27-19-21-12-4-2-3-5-13(12)22-19/h2-5H,6-10H2,1H3,(H,21,22)(H,23,26). The number of amides is 1. The molecule has 2 aromatic heterocycles. The zero-order chi connectivity index (χ0) is 19.7. The average Bonchev–Trinajstić information content (AvgIpc) is 3.25. The molecule has 0 saturated carbocycles. The lowest BCUT2D eigenvalue weighted by Gasteiger charge is -2.22. The molecule has 0 unspecified atom stereocenters. The summed E-state index contributed by atoms with van der Waals surface area (Å²) >= 11 is 2.82. The number of rotatable bonds is 6. The molecule has 0 spiro atoms. The van der Waals surface area contributed by atoms with Crippen molar-refractivity contribution < 1.29 is 9.59 Å². The van der Waals surface area contributed by atoms with Gasteiger partial charge in [-0.1, -0.05) is 23.9 Å². The van der Waals surface area contributed by atoms with Crippen LogP contribution in [0.15, 0.2) is 29.4 Å². The van der Waals surface area contributed by atoms with E-state index in [1.807, 2.05) is 24.3 Å². The highest BCUT2D eigenvalue weighted by molar-refractivity contribution is 7.99. The van der Waals surface area contributed by atoms with E-state index in [9.17, 15) is 9.59 Å². The molecular formula is C19H19BN4O2S2. The van der Waals surface area contributed by atoms with Crippen LogP contribution in [0.2, 0.25) is 6.32 Å². The van der Waals surface area contributed by atoms with Gasteiger partial charge < -0.3 is 15.2 Å². The zero-order valence-corrected chi connectivity index (χ0v) is 17.1. The van der Waals surface area contributed by atoms with Crippen molar-refractivity contribution in [3.8, 4) is 0 Å².